The molecule has 4 aromatic rings. The van der Waals surface area contributed by atoms with Crippen LogP contribution in [0.4, 0.5) is 5.69 Å². The number of hydrogen-bond donors (Lipinski definition) is 3. The van der Waals surface area contributed by atoms with Gasteiger partial charge in [0.15, 0.2) is 0 Å². The normalized spacial score (nSPS) is 15.6. The fourth-order valence-electron chi connectivity index (χ4n) is 6.32. The second kappa shape index (κ2) is 12.7. The van der Waals surface area contributed by atoms with Crippen molar-refractivity contribution in [2.75, 3.05) is 38.1 Å². The zero-order valence-corrected chi connectivity index (χ0v) is 25.7. The average Bonchev–Trinajstić information content (AvgIpc) is 3.55. The molecule has 3 N–H and O–H groups in total. The van der Waals surface area contributed by atoms with Crippen LogP contribution in [0.15, 0.2) is 47.4 Å². The number of nitrogens with one attached hydrogen (secondary N) is 3. The Morgan fingerprint density at radius 1 is 1.11 bits per heavy atom. The van der Waals surface area contributed by atoms with Gasteiger partial charge in [0.1, 0.15) is 22.9 Å². The third-order valence-electron chi connectivity index (χ3n) is 8.74. The van der Waals surface area contributed by atoms with Crippen molar-refractivity contribution in [3.05, 3.63) is 75.2 Å². The molecule has 0 radical (unpaired) electrons. The van der Waals surface area contributed by atoms with E-state index in [4.69, 9.17) is 9.72 Å². The molecule has 44 heavy (non-hydrogen) atoms. The summed E-state index contributed by atoms with van der Waals surface area (Å²) in [5.41, 5.74) is 6.30. The van der Waals surface area contributed by atoms with E-state index in [1.54, 1.807) is 13.1 Å². The maximum atomic E-state index is 13.5. The predicted octanol–water partition coefficient (Wildman–Crippen LogP) is 4.82. The summed E-state index contributed by atoms with van der Waals surface area (Å²) < 4.78 is 5.95. The molecule has 2 aliphatic rings. The smallest absolute Gasteiger partial charge is 0.261 e. The quantitative estimate of drug-likeness (QED) is 0.212. The molecule has 0 atom stereocenters. The molecule has 10 heteroatoms. The molecule has 1 amide bonds. The van der Waals surface area contributed by atoms with Crippen molar-refractivity contribution in [1.29, 1.82) is 0 Å². The van der Waals surface area contributed by atoms with Gasteiger partial charge in [-0.3, -0.25) is 14.4 Å². The molecule has 0 spiro atoms. The fraction of sp³-hybridized carbons (Fsp3) is 0.412. The number of H-pyrrole nitrogens is 2. The maximum Gasteiger partial charge on any atom is 0.261 e. The van der Waals surface area contributed by atoms with Gasteiger partial charge in [-0.05, 0) is 75.4 Å². The van der Waals surface area contributed by atoms with Crippen LogP contribution in [0.5, 0.6) is 5.75 Å². The number of Topliss-reactive ketones (excluding diaryl/α,β-unsaturated/α-hetero) is 1. The van der Waals surface area contributed by atoms with Crippen LogP contribution in [-0.2, 0) is 11.3 Å². The number of ketones is 1. The Morgan fingerprint density at radius 2 is 1.93 bits per heavy atom. The maximum absolute atomic E-state index is 13.5. The number of nitrogens with zero attached hydrogens (tertiary/aromatic N) is 3. The van der Waals surface area contributed by atoms with Crippen molar-refractivity contribution >= 4 is 28.4 Å². The molecular weight excluding hydrogens is 556 g/mol. The molecule has 1 fully saturated rings. The van der Waals surface area contributed by atoms with E-state index in [0.717, 1.165) is 61.3 Å². The standard InChI is InChI=1S/C34H40N6O4/c1-21-5-6-30(22(2)17-21)44-16-4-11-35-27-7-12-36-33(42)31(27)32-37-28-18-24-20-40(34(43)26(24)19-29(28)38-32)25-9-14-39(15-10-25)13-8-23(3)41/h5-7,12,17-19,25H,4,8-11,13-16,20H2,1-3H3,(H,37,38)(H2,35,36,42). The summed E-state index contributed by atoms with van der Waals surface area (Å²) >= 11 is 0. The lowest BCUT2D eigenvalue weighted by molar-refractivity contribution is -0.117. The Bertz CT molecular complexity index is 1750. The number of aryl methyl sites for hydroxylation is 2. The third-order valence-corrected chi connectivity index (χ3v) is 8.74. The van der Waals surface area contributed by atoms with Crippen molar-refractivity contribution in [3.8, 4) is 17.1 Å². The van der Waals surface area contributed by atoms with E-state index in [0.29, 0.717) is 54.3 Å². The van der Waals surface area contributed by atoms with Crippen LogP contribution in [0.25, 0.3) is 22.4 Å². The number of carbonyl (C=O) groups is 2. The summed E-state index contributed by atoms with van der Waals surface area (Å²) in [5.74, 6) is 1.59. The molecule has 2 aromatic carbocycles. The molecule has 0 saturated carbocycles. The van der Waals surface area contributed by atoms with E-state index >= 15 is 0 Å². The monoisotopic (exact) mass is 596 g/mol. The largest absolute Gasteiger partial charge is 0.493 e. The SMILES string of the molecule is CC(=O)CCN1CCC(N2Cc3cc4[nH]c(-c5c(NCCCOc6ccc(C)cc6C)cc[nH]c5=O)nc4cc3C2=O)CC1. The number of piperidine rings is 1. The van der Waals surface area contributed by atoms with Gasteiger partial charge in [-0.1, -0.05) is 17.7 Å². The number of ether oxygens (including phenoxy) is 1. The van der Waals surface area contributed by atoms with E-state index < -0.39 is 0 Å². The van der Waals surface area contributed by atoms with E-state index in [1.165, 1.54) is 5.56 Å². The molecule has 4 heterocycles. The van der Waals surface area contributed by atoms with Crippen LogP contribution in [-0.4, -0.2) is 75.3 Å². The van der Waals surface area contributed by atoms with Crippen molar-refractivity contribution in [2.45, 2.75) is 59.0 Å². The molecular formula is C34H40N6O4. The highest BCUT2D eigenvalue weighted by molar-refractivity contribution is 6.02. The van der Waals surface area contributed by atoms with Crippen LogP contribution in [0, 0.1) is 13.8 Å². The number of benzene rings is 2. The Balaban J connectivity index is 1.11. The van der Waals surface area contributed by atoms with E-state index in [1.807, 2.05) is 42.2 Å². The minimum atomic E-state index is -0.245. The number of likely N-dealkylation sites (tertiary alicyclic amines) is 1. The highest BCUT2D eigenvalue weighted by Gasteiger charge is 2.35. The molecule has 2 aromatic heterocycles. The zero-order chi connectivity index (χ0) is 30.8. The Kier molecular flexibility index (Phi) is 8.52. The number of anilines is 1. The van der Waals surface area contributed by atoms with Crippen LogP contribution in [0.1, 0.15) is 59.7 Å². The summed E-state index contributed by atoms with van der Waals surface area (Å²) in [6.45, 7) is 10.1. The number of carbonyl (C=O) groups excluding carboxylic acids is 2. The lowest BCUT2D eigenvalue weighted by Crippen LogP contribution is -2.45. The fourth-order valence-corrected chi connectivity index (χ4v) is 6.32. The molecule has 10 nitrogen and oxygen atoms in total. The number of aromatic nitrogens is 3. The van der Waals surface area contributed by atoms with Gasteiger partial charge in [-0.25, -0.2) is 4.98 Å². The Labute approximate surface area is 256 Å². The molecule has 2 aliphatic heterocycles. The molecule has 0 unspecified atom stereocenters. The highest BCUT2D eigenvalue weighted by atomic mass is 16.5. The average molecular weight is 597 g/mol. The third kappa shape index (κ3) is 6.26. The Hall–Kier alpha value is -4.44. The molecule has 0 bridgehead atoms. The molecule has 230 valence electrons. The summed E-state index contributed by atoms with van der Waals surface area (Å²) in [4.78, 5) is 52.9. The lowest BCUT2D eigenvalue weighted by Gasteiger charge is -2.36. The van der Waals surface area contributed by atoms with Crippen LogP contribution < -0.4 is 15.6 Å². The number of rotatable bonds is 11. The number of hydrogen-bond acceptors (Lipinski definition) is 7. The molecule has 1 saturated heterocycles. The second-order valence-electron chi connectivity index (χ2n) is 12.1. The first-order chi connectivity index (χ1) is 21.3. The number of aromatic amines is 2. The number of fused-ring (bicyclic) bond motifs is 2. The van der Waals surface area contributed by atoms with Crippen molar-refractivity contribution < 1.29 is 14.3 Å². The minimum absolute atomic E-state index is 0.0385. The van der Waals surface area contributed by atoms with Gasteiger partial charge < -0.3 is 29.8 Å². The van der Waals surface area contributed by atoms with E-state index in [9.17, 15) is 14.4 Å². The number of amides is 1. The van der Waals surface area contributed by atoms with Crippen LogP contribution in [0.3, 0.4) is 0 Å². The first kappa shape index (κ1) is 29.6. The summed E-state index contributed by atoms with van der Waals surface area (Å²) in [6, 6.07) is 12.0. The van der Waals surface area contributed by atoms with Crippen molar-refractivity contribution in [2.24, 2.45) is 0 Å². The first-order valence-electron chi connectivity index (χ1n) is 15.5. The summed E-state index contributed by atoms with van der Waals surface area (Å²) in [6.07, 6.45) is 4.76. The zero-order valence-electron chi connectivity index (χ0n) is 25.7. The van der Waals surface area contributed by atoms with Crippen LogP contribution in [0.2, 0.25) is 0 Å². The van der Waals surface area contributed by atoms with Crippen LogP contribution >= 0.6 is 0 Å². The van der Waals surface area contributed by atoms with Crippen molar-refractivity contribution in [3.63, 3.8) is 0 Å². The topological polar surface area (TPSA) is 123 Å². The Morgan fingerprint density at radius 3 is 2.70 bits per heavy atom. The first-order valence-corrected chi connectivity index (χ1v) is 15.5. The van der Waals surface area contributed by atoms with Gasteiger partial charge in [0.2, 0.25) is 0 Å². The number of imidazole rings is 1. The van der Waals surface area contributed by atoms with Crippen molar-refractivity contribution in [1.82, 2.24) is 24.8 Å². The molecule has 6 rings (SSSR count). The van der Waals surface area contributed by atoms with E-state index in [-0.39, 0.29) is 23.3 Å². The number of pyridine rings is 1. The molecule has 0 aliphatic carbocycles. The van der Waals surface area contributed by atoms with Gasteiger partial charge in [-0.15, -0.1) is 0 Å². The second-order valence-corrected chi connectivity index (χ2v) is 12.1. The van der Waals surface area contributed by atoms with Gasteiger partial charge in [0.25, 0.3) is 11.5 Å². The van der Waals surface area contributed by atoms with Gasteiger partial charge >= 0.3 is 0 Å². The highest BCUT2D eigenvalue weighted by Crippen LogP contribution is 2.33. The van der Waals surface area contributed by atoms with Gasteiger partial charge in [-0.2, -0.15) is 0 Å². The summed E-state index contributed by atoms with van der Waals surface area (Å²) in [5, 5.41) is 3.38. The van der Waals surface area contributed by atoms with E-state index in [2.05, 4.69) is 33.2 Å². The van der Waals surface area contributed by atoms with Gasteiger partial charge in [0, 0.05) is 56.9 Å². The summed E-state index contributed by atoms with van der Waals surface area (Å²) in [7, 11) is 0. The lowest BCUT2D eigenvalue weighted by atomic mass is 10.0. The van der Waals surface area contributed by atoms with Gasteiger partial charge in [0.05, 0.1) is 23.3 Å². The minimum Gasteiger partial charge on any atom is -0.493 e. The predicted molar refractivity (Wildman–Crippen MR) is 171 cm³/mol.